The molecule has 1 amide bonds. The van der Waals surface area contributed by atoms with Crippen molar-refractivity contribution in [3.63, 3.8) is 0 Å². The summed E-state index contributed by atoms with van der Waals surface area (Å²) in [6.45, 7) is 0.648. The number of carbonyl (C=O) groups is 1. The fourth-order valence-corrected chi connectivity index (χ4v) is 2.46. The van der Waals surface area contributed by atoms with E-state index in [2.05, 4.69) is 4.98 Å². The number of hydrogen-bond donors (Lipinski definition) is 1. The zero-order valence-corrected chi connectivity index (χ0v) is 10.8. The molecular weight excluding hydrogens is 264 g/mol. The van der Waals surface area contributed by atoms with Crippen LogP contribution in [0.1, 0.15) is 15.9 Å². The van der Waals surface area contributed by atoms with Crippen LogP contribution in [0.4, 0.5) is 5.69 Å². The highest BCUT2D eigenvalue weighted by Crippen LogP contribution is 2.28. The van der Waals surface area contributed by atoms with Gasteiger partial charge in [0.15, 0.2) is 0 Å². The summed E-state index contributed by atoms with van der Waals surface area (Å²) in [5.41, 5.74) is 2.09. The van der Waals surface area contributed by atoms with E-state index in [1.54, 1.807) is 4.90 Å². The third-order valence-electron chi connectivity index (χ3n) is 3.24. The Labute approximate surface area is 114 Å². The lowest BCUT2D eigenvalue weighted by molar-refractivity contribution is 0.0989. The van der Waals surface area contributed by atoms with Crippen molar-refractivity contribution in [2.75, 3.05) is 11.4 Å². The summed E-state index contributed by atoms with van der Waals surface area (Å²) in [5.74, 6) is -0.150. The van der Waals surface area contributed by atoms with E-state index in [-0.39, 0.29) is 16.5 Å². The van der Waals surface area contributed by atoms with Crippen LogP contribution in [-0.2, 0) is 6.42 Å². The van der Waals surface area contributed by atoms with Crippen molar-refractivity contribution in [2.45, 2.75) is 6.42 Å². The van der Waals surface area contributed by atoms with Crippen LogP contribution in [-0.4, -0.2) is 17.4 Å². The Morgan fingerprint density at radius 2 is 2.11 bits per heavy atom. The molecule has 2 heterocycles. The van der Waals surface area contributed by atoms with Crippen LogP contribution in [0.25, 0.3) is 0 Å². The Morgan fingerprint density at radius 3 is 2.89 bits per heavy atom. The van der Waals surface area contributed by atoms with E-state index < -0.39 is 0 Å². The molecule has 96 valence electrons. The number of pyridine rings is 1. The number of rotatable bonds is 1. The maximum Gasteiger partial charge on any atom is 0.266 e. The van der Waals surface area contributed by atoms with Gasteiger partial charge < -0.3 is 9.88 Å². The molecule has 0 radical (unpaired) electrons. The lowest BCUT2D eigenvalue weighted by atomic mass is 10.2. The number of benzene rings is 1. The van der Waals surface area contributed by atoms with Crippen LogP contribution in [0, 0.1) is 0 Å². The molecular formula is C14H11ClN2O2. The molecule has 3 rings (SSSR count). The standard InChI is InChI=1S/C14H11ClN2O2/c15-11-7-10(8-16-13(11)18)14(19)17-6-5-9-3-1-2-4-12(9)17/h1-4,7-8H,5-6H2,(H,16,18). The Morgan fingerprint density at radius 1 is 1.32 bits per heavy atom. The zero-order chi connectivity index (χ0) is 13.4. The van der Waals surface area contributed by atoms with Gasteiger partial charge in [-0.3, -0.25) is 9.59 Å². The molecule has 19 heavy (non-hydrogen) atoms. The molecule has 0 saturated carbocycles. The van der Waals surface area contributed by atoms with Gasteiger partial charge in [0.25, 0.3) is 11.5 Å². The molecule has 0 unspecified atom stereocenters. The van der Waals surface area contributed by atoms with Crippen LogP contribution >= 0.6 is 11.6 Å². The second-order valence-corrected chi connectivity index (χ2v) is 4.81. The third kappa shape index (κ3) is 2.04. The first-order valence-corrected chi connectivity index (χ1v) is 6.32. The maximum atomic E-state index is 12.4. The molecule has 2 aromatic rings. The van der Waals surface area contributed by atoms with Gasteiger partial charge >= 0.3 is 0 Å². The van der Waals surface area contributed by atoms with Crippen LogP contribution in [0.5, 0.6) is 0 Å². The summed E-state index contributed by atoms with van der Waals surface area (Å²) in [6.07, 6.45) is 2.25. The highest BCUT2D eigenvalue weighted by atomic mass is 35.5. The monoisotopic (exact) mass is 274 g/mol. The number of nitrogens with one attached hydrogen (secondary N) is 1. The van der Waals surface area contributed by atoms with Crippen molar-refractivity contribution in [3.8, 4) is 0 Å². The number of aromatic nitrogens is 1. The average molecular weight is 275 g/mol. The predicted octanol–water partition coefficient (Wildman–Crippen LogP) is 2.23. The van der Waals surface area contributed by atoms with Crippen molar-refractivity contribution in [2.24, 2.45) is 0 Å². The number of hydrogen-bond acceptors (Lipinski definition) is 2. The van der Waals surface area contributed by atoms with E-state index in [1.807, 2.05) is 24.3 Å². The van der Waals surface area contributed by atoms with Crippen molar-refractivity contribution in [1.29, 1.82) is 0 Å². The number of anilines is 1. The summed E-state index contributed by atoms with van der Waals surface area (Å²) in [5, 5.41) is 0.0262. The lowest BCUT2D eigenvalue weighted by Gasteiger charge is -2.17. The minimum Gasteiger partial charge on any atom is -0.327 e. The molecule has 1 N–H and O–H groups in total. The van der Waals surface area contributed by atoms with E-state index in [0.717, 1.165) is 17.7 Å². The van der Waals surface area contributed by atoms with E-state index in [9.17, 15) is 9.59 Å². The number of fused-ring (bicyclic) bond motifs is 1. The second-order valence-electron chi connectivity index (χ2n) is 4.40. The Bertz CT molecular complexity index is 709. The van der Waals surface area contributed by atoms with Gasteiger partial charge in [-0.15, -0.1) is 0 Å². The summed E-state index contributed by atoms with van der Waals surface area (Å²) in [6, 6.07) is 9.22. The zero-order valence-electron chi connectivity index (χ0n) is 10.0. The smallest absolute Gasteiger partial charge is 0.266 e. The molecule has 0 saturated heterocycles. The van der Waals surface area contributed by atoms with Crippen molar-refractivity contribution in [3.05, 3.63) is 63.0 Å². The van der Waals surface area contributed by atoms with Gasteiger partial charge in [-0.1, -0.05) is 29.8 Å². The van der Waals surface area contributed by atoms with Crippen LogP contribution in [0.15, 0.2) is 41.3 Å². The minimum absolute atomic E-state index is 0.0262. The Hall–Kier alpha value is -2.07. The first-order chi connectivity index (χ1) is 9.16. The largest absolute Gasteiger partial charge is 0.327 e. The van der Waals surface area contributed by atoms with Gasteiger partial charge in [0, 0.05) is 18.4 Å². The van der Waals surface area contributed by atoms with Crippen molar-refractivity contribution < 1.29 is 4.79 Å². The molecule has 1 aromatic heterocycles. The van der Waals surface area contributed by atoms with Gasteiger partial charge in [0.1, 0.15) is 5.02 Å². The molecule has 4 nitrogen and oxygen atoms in total. The normalized spacial score (nSPS) is 13.4. The summed E-state index contributed by atoms with van der Waals surface area (Å²) >= 11 is 5.75. The quantitative estimate of drug-likeness (QED) is 0.867. The lowest BCUT2D eigenvalue weighted by Crippen LogP contribution is -2.29. The van der Waals surface area contributed by atoms with Crippen molar-refractivity contribution in [1.82, 2.24) is 4.98 Å². The second kappa shape index (κ2) is 4.55. The van der Waals surface area contributed by atoms with Crippen molar-refractivity contribution >= 4 is 23.2 Å². The summed E-state index contributed by atoms with van der Waals surface area (Å²) in [4.78, 5) is 27.8. The SMILES string of the molecule is O=C(c1c[nH]c(=O)c(Cl)c1)N1CCc2ccccc21. The highest BCUT2D eigenvalue weighted by Gasteiger charge is 2.25. The van der Waals surface area contributed by atoms with Gasteiger partial charge in [-0.05, 0) is 24.1 Å². The van der Waals surface area contributed by atoms with Crippen LogP contribution in [0.2, 0.25) is 5.02 Å². The van der Waals surface area contributed by atoms with Gasteiger partial charge in [-0.25, -0.2) is 0 Å². The molecule has 0 atom stereocenters. The first kappa shape index (κ1) is 12.0. The van der Waals surface area contributed by atoms with E-state index >= 15 is 0 Å². The van der Waals surface area contributed by atoms with E-state index in [1.165, 1.54) is 12.3 Å². The number of nitrogens with zero attached hydrogens (tertiary/aromatic N) is 1. The first-order valence-electron chi connectivity index (χ1n) is 5.95. The van der Waals surface area contributed by atoms with E-state index in [4.69, 9.17) is 11.6 Å². The molecule has 1 aliphatic rings. The van der Waals surface area contributed by atoms with Gasteiger partial charge in [0.2, 0.25) is 0 Å². The molecule has 0 fully saturated rings. The molecule has 1 aliphatic heterocycles. The molecule has 0 bridgehead atoms. The average Bonchev–Trinajstić information content (AvgIpc) is 2.85. The minimum atomic E-state index is -0.389. The number of aromatic amines is 1. The number of halogens is 1. The highest BCUT2D eigenvalue weighted by molar-refractivity contribution is 6.30. The van der Waals surface area contributed by atoms with Gasteiger partial charge in [0.05, 0.1) is 5.56 Å². The maximum absolute atomic E-state index is 12.4. The number of para-hydroxylation sites is 1. The van der Waals surface area contributed by atoms with E-state index in [0.29, 0.717) is 12.1 Å². The molecule has 1 aromatic carbocycles. The van der Waals surface area contributed by atoms with Gasteiger partial charge in [-0.2, -0.15) is 0 Å². The van der Waals surface area contributed by atoms with Crippen LogP contribution in [0.3, 0.4) is 0 Å². The Balaban J connectivity index is 1.97. The van der Waals surface area contributed by atoms with Crippen LogP contribution < -0.4 is 10.5 Å². The number of H-pyrrole nitrogens is 1. The number of amides is 1. The molecule has 0 spiro atoms. The molecule has 0 aliphatic carbocycles. The summed E-state index contributed by atoms with van der Waals surface area (Å²) < 4.78 is 0. The summed E-state index contributed by atoms with van der Waals surface area (Å²) in [7, 11) is 0. The fraction of sp³-hybridized carbons (Fsp3) is 0.143. The molecule has 5 heteroatoms. The predicted molar refractivity (Wildman–Crippen MR) is 73.9 cm³/mol. The number of carbonyl (C=O) groups excluding carboxylic acids is 1. The topological polar surface area (TPSA) is 53.2 Å². The fourth-order valence-electron chi connectivity index (χ4n) is 2.28. The Kier molecular flexibility index (Phi) is 2.87. The third-order valence-corrected chi connectivity index (χ3v) is 3.52.